The maximum absolute atomic E-state index is 12.4. The number of hydrogen-bond donors (Lipinski definition) is 0. The molecule has 5 nitrogen and oxygen atoms in total. The second-order valence-electron chi connectivity index (χ2n) is 7.16. The number of rotatable bonds is 6. The molecular weight excluding hydrogens is 424 g/mol. The molecule has 5 rings (SSSR count). The number of para-hydroxylation sites is 2. The minimum atomic E-state index is 0.0889. The van der Waals surface area contributed by atoms with Gasteiger partial charge in [-0.05, 0) is 24.3 Å². The minimum absolute atomic E-state index is 0.0889. The zero-order valence-corrected chi connectivity index (χ0v) is 18.6. The molecule has 0 saturated carbocycles. The van der Waals surface area contributed by atoms with Gasteiger partial charge in [-0.15, -0.1) is 10.2 Å². The summed E-state index contributed by atoms with van der Waals surface area (Å²) in [5.41, 5.74) is 3.06. The lowest BCUT2D eigenvalue weighted by Crippen LogP contribution is -2.22. The van der Waals surface area contributed by atoms with Crippen LogP contribution in [0.15, 0.2) is 93.8 Å². The highest BCUT2D eigenvalue weighted by molar-refractivity contribution is 8.00. The molecule has 0 unspecified atom stereocenters. The number of benzene rings is 3. The third kappa shape index (κ3) is 3.98. The van der Waals surface area contributed by atoms with E-state index in [0.29, 0.717) is 12.3 Å². The van der Waals surface area contributed by atoms with Gasteiger partial charge in [0.15, 0.2) is 16.8 Å². The Balaban J connectivity index is 1.37. The molecule has 7 heteroatoms. The fraction of sp³-hybridized carbons (Fsp3) is 0.125. The monoisotopic (exact) mass is 444 g/mol. The molecule has 0 atom stereocenters. The van der Waals surface area contributed by atoms with Crippen molar-refractivity contribution in [2.45, 2.75) is 21.5 Å². The number of hydrogen-bond acceptors (Lipinski definition) is 6. The highest BCUT2D eigenvalue weighted by Gasteiger charge is 2.25. The summed E-state index contributed by atoms with van der Waals surface area (Å²) in [6.45, 7) is 0.602. The van der Waals surface area contributed by atoms with Crippen LogP contribution >= 0.6 is 23.5 Å². The standard InChI is InChI=1S/C24H20N4OS2/c1-27-23(25-26-24(27)30-16-20(29)17-9-3-2-4-10-17)15-28-18-11-5-7-13-21(18)31-22-14-8-6-12-19(22)28/h2-14H,15-16H2,1H3. The lowest BCUT2D eigenvalue weighted by molar-refractivity contribution is 0.102. The van der Waals surface area contributed by atoms with Crippen LogP contribution in [0.4, 0.5) is 11.4 Å². The fourth-order valence-corrected chi connectivity index (χ4v) is 5.46. The first-order chi connectivity index (χ1) is 15.2. The maximum Gasteiger partial charge on any atom is 0.191 e. The highest BCUT2D eigenvalue weighted by atomic mass is 32.2. The van der Waals surface area contributed by atoms with Crippen molar-refractivity contribution in [2.24, 2.45) is 7.05 Å². The van der Waals surface area contributed by atoms with Gasteiger partial charge in [-0.25, -0.2) is 0 Å². The van der Waals surface area contributed by atoms with Crippen molar-refractivity contribution in [3.05, 3.63) is 90.3 Å². The third-order valence-electron chi connectivity index (χ3n) is 5.18. The van der Waals surface area contributed by atoms with Crippen molar-refractivity contribution in [3.63, 3.8) is 0 Å². The summed E-state index contributed by atoms with van der Waals surface area (Å²) in [4.78, 5) is 17.2. The Bertz CT molecular complexity index is 1190. The first kappa shape index (κ1) is 19.9. The Labute approximate surface area is 189 Å². The molecule has 1 aliphatic rings. The van der Waals surface area contributed by atoms with Gasteiger partial charge in [0, 0.05) is 22.4 Å². The summed E-state index contributed by atoms with van der Waals surface area (Å²) in [7, 11) is 1.96. The largest absolute Gasteiger partial charge is 0.332 e. The molecule has 1 aromatic heterocycles. The predicted octanol–water partition coefficient (Wildman–Crippen LogP) is 5.59. The molecule has 0 aliphatic carbocycles. The van der Waals surface area contributed by atoms with Crippen molar-refractivity contribution in [2.75, 3.05) is 10.7 Å². The molecule has 0 saturated heterocycles. The van der Waals surface area contributed by atoms with E-state index in [0.717, 1.165) is 16.5 Å². The Morgan fingerprint density at radius 1 is 0.871 bits per heavy atom. The molecule has 0 bridgehead atoms. The third-order valence-corrected chi connectivity index (χ3v) is 7.34. The molecule has 31 heavy (non-hydrogen) atoms. The smallest absolute Gasteiger partial charge is 0.191 e. The normalized spacial score (nSPS) is 12.4. The van der Waals surface area contributed by atoms with Gasteiger partial charge in [0.05, 0.1) is 23.7 Å². The zero-order chi connectivity index (χ0) is 21.2. The summed E-state index contributed by atoms with van der Waals surface area (Å²) in [5.74, 6) is 1.28. The van der Waals surface area contributed by atoms with Crippen LogP contribution in [-0.2, 0) is 13.6 Å². The Kier molecular flexibility index (Phi) is 5.53. The minimum Gasteiger partial charge on any atom is -0.332 e. The van der Waals surface area contributed by atoms with Crippen molar-refractivity contribution < 1.29 is 4.79 Å². The number of carbonyl (C=O) groups excluding carboxylic acids is 1. The van der Waals surface area contributed by atoms with E-state index in [4.69, 9.17) is 0 Å². The van der Waals surface area contributed by atoms with Crippen molar-refractivity contribution in [1.82, 2.24) is 14.8 Å². The molecule has 0 amide bonds. The molecule has 3 aromatic carbocycles. The average Bonchev–Trinajstić information content (AvgIpc) is 3.17. The predicted molar refractivity (Wildman–Crippen MR) is 125 cm³/mol. The van der Waals surface area contributed by atoms with Crippen LogP contribution in [-0.4, -0.2) is 26.3 Å². The zero-order valence-electron chi connectivity index (χ0n) is 16.9. The Morgan fingerprint density at radius 3 is 2.16 bits per heavy atom. The van der Waals surface area contributed by atoms with Crippen molar-refractivity contribution in [3.8, 4) is 0 Å². The van der Waals surface area contributed by atoms with Gasteiger partial charge in [0.25, 0.3) is 0 Å². The quantitative estimate of drug-likeness (QED) is 0.285. The van der Waals surface area contributed by atoms with Gasteiger partial charge in [-0.1, -0.05) is 78.1 Å². The van der Waals surface area contributed by atoms with Crippen LogP contribution < -0.4 is 4.90 Å². The molecule has 1 aliphatic heterocycles. The van der Waals surface area contributed by atoms with E-state index in [1.54, 1.807) is 11.8 Å². The number of aromatic nitrogens is 3. The topological polar surface area (TPSA) is 51.0 Å². The van der Waals surface area contributed by atoms with Crippen LogP contribution in [0, 0.1) is 0 Å². The Morgan fingerprint density at radius 2 is 1.48 bits per heavy atom. The average molecular weight is 445 g/mol. The number of carbonyl (C=O) groups is 1. The van der Waals surface area contributed by atoms with Gasteiger partial charge in [0.1, 0.15) is 0 Å². The highest BCUT2D eigenvalue weighted by Crippen LogP contribution is 2.48. The summed E-state index contributed by atoms with van der Waals surface area (Å²) in [6, 6.07) is 26.2. The van der Waals surface area contributed by atoms with Gasteiger partial charge in [0.2, 0.25) is 0 Å². The number of anilines is 2. The van der Waals surface area contributed by atoms with E-state index in [9.17, 15) is 4.79 Å². The van der Waals surface area contributed by atoms with Crippen molar-refractivity contribution >= 4 is 40.7 Å². The molecular formula is C24H20N4OS2. The number of fused-ring (bicyclic) bond motifs is 2. The lowest BCUT2D eigenvalue weighted by atomic mass is 10.2. The number of Topliss-reactive ketones (excluding diaryl/α,β-unsaturated/α-hetero) is 1. The summed E-state index contributed by atoms with van der Waals surface area (Å²) in [5, 5.41) is 9.53. The van der Waals surface area contributed by atoms with Crippen LogP contribution in [0.3, 0.4) is 0 Å². The molecule has 2 heterocycles. The van der Waals surface area contributed by atoms with Gasteiger partial charge >= 0.3 is 0 Å². The Hall–Kier alpha value is -3.03. The van der Waals surface area contributed by atoms with Crippen LogP contribution in [0.25, 0.3) is 0 Å². The van der Waals surface area contributed by atoms with Gasteiger partial charge in [-0.3, -0.25) is 4.79 Å². The van der Waals surface area contributed by atoms with Crippen LogP contribution in [0.5, 0.6) is 0 Å². The number of nitrogens with zero attached hydrogens (tertiary/aromatic N) is 4. The second kappa shape index (κ2) is 8.61. The SMILES string of the molecule is Cn1c(CN2c3ccccc3Sc3ccccc32)nnc1SCC(=O)c1ccccc1. The summed E-state index contributed by atoms with van der Waals surface area (Å²) < 4.78 is 1.98. The van der Waals surface area contributed by atoms with E-state index in [1.807, 2.05) is 41.9 Å². The van der Waals surface area contributed by atoms with Gasteiger partial charge in [-0.2, -0.15) is 0 Å². The molecule has 4 aromatic rings. The molecule has 0 N–H and O–H groups in total. The van der Waals surface area contributed by atoms with E-state index in [1.165, 1.54) is 32.9 Å². The summed E-state index contributed by atoms with van der Waals surface area (Å²) in [6.07, 6.45) is 0. The summed E-state index contributed by atoms with van der Waals surface area (Å²) >= 11 is 3.21. The molecule has 0 spiro atoms. The molecule has 0 radical (unpaired) electrons. The van der Waals surface area contributed by atoms with Crippen LogP contribution in [0.1, 0.15) is 16.2 Å². The number of ketones is 1. The van der Waals surface area contributed by atoms with E-state index >= 15 is 0 Å². The lowest BCUT2D eigenvalue weighted by Gasteiger charge is -2.32. The maximum atomic E-state index is 12.4. The fourth-order valence-electron chi connectivity index (χ4n) is 3.54. The van der Waals surface area contributed by atoms with Gasteiger partial charge < -0.3 is 9.47 Å². The first-order valence-electron chi connectivity index (χ1n) is 9.93. The van der Waals surface area contributed by atoms with Crippen molar-refractivity contribution in [1.29, 1.82) is 0 Å². The second-order valence-corrected chi connectivity index (χ2v) is 9.19. The van der Waals surface area contributed by atoms with E-state index in [-0.39, 0.29) is 5.78 Å². The van der Waals surface area contributed by atoms with E-state index < -0.39 is 0 Å². The van der Waals surface area contributed by atoms with Crippen LogP contribution in [0.2, 0.25) is 0 Å². The first-order valence-corrected chi connectivity index (χ1v) is 11.7. The van der Waals surface area contributed by atoms with E-state index in [2.05, 4.69) is 63.6 Å². The molecule has 0 fully saturated rings. The number of thioether (sulfide) groups is 1. The molecule has 154 valence electrons.